The summed E-state index contributed by atoms with van der Waals surface area (Å²) in [6.45, 7) is 13.0. The van der Waals surface area contributed by atoms with Gasteiger partial charge in [0, 0.05) is 0 Å². The molecule has 2 aromatic rings. The van der Waals surface area contributed by atoms with Crippen molar-refractivity contribution < 1.29 is 58.7 Å². The molecule has 3 aliphatic rings. The van der Waals surface area contributed by atoms with E-state index in [0.717, 1.165) is 12.2 Å². The van der Waals surface area contributed by atoms with Gasteiger partial charge in [0.05, 0.1) is 0 Å². The standard InChI is InChI=1S/C25H29O2Si2.2ClH.Zr/c1-28(2,3)27-13-12-26-19-11-10-18(14-19)21-16-22-20-9-7-6-8-17(20)15-23(22)25-24(21)29(25,4)5;;;/h6-9,11,14-16H,10,12-13H2,1-5H3;2*1H;/q;;;+2/p-2. The van der Waals surface area contributed by atoms with Crippen molar-refractivity contribution in [2.45, 2.75) is 42.8 Å². The molecular weight excluding hydrogens is 551 g/mol. The molecule has 5 rings (SSSR count). The van der Waals surface area contributed by atoms with Crippen LogP contribution in [-0.4, -0.2) is 29.6 Å². The Bertz CT molecular complexity index is 1120. The number of halogens is 2. The Balaban J connectivity index is 0.00000144. The van der Waals surface area contributed by atoms with Gasteiger partial charge in [-0.05, 0) is 19.6 Å². The van der Waals surface area contributed by atoms with Crippen LogP contribution in [0.25, 0.3) is 16.7 Å². The summed E-state index contributed by atoms with van der Waals surface area (Å²) in [5, 5.41) is 3.44. The molecule has 2 aliphatic carbocycles. The summed E-state index contributed by atoms with van der Waals surface area (Å²) < 4.78 is 12.6. The molecule has 2 nitrogen and oxygen atoms in total. The Morgan fingerprint density at radius 1 is 1.00 bits per heavy atom. The minimum atomic E-state index is -1.47. The van der Waals surface area contributed by atoms with Gasteiger partial charge in [0.15, 0.2) is 8.32 Å². The average Bonchev–Trinajstić information content (AvgIpc) is 3.01. The first-order valence-electron chi connectivity index (χ1n) is 10.9. The number of fused-ring (bicyclic) bond motifs is 5. The quantitative estimate of drug-likeness (QED) is 0.323. The van der Waals surface area contributed by atoms with Crippen LogP contribution in [-0.2, 0) is 33.9 Å². The molecule has 1 aliphatic heterocycles. The smallest absolute Gasteiger partial charge is 1.00 e. The number of rotatable bonds is 6. The molecule has 0 radical (unpaired) electrons. The molecule has 1 heterocycles. The summed E-state index contributed by atoms with van der Waals surface area (Å²) >= 11 is 1.61. The Kier molecular flexibility index (Phi) is 7.63. The fourth-order valence-corrected chi connectivity index (χ4v) is 11.3. The van der Waals surface area contributed by atoms with Crippen molar-refractivity contribution in [1.82, 2.24) is 0 Å². The van der Waals surface area contributed by atoms with Crippen LogP contribution >= 0.6 is 0 Å². The fourth-order valence-electron chi connectivity index (χ4n) is 5.06. The third-order valence-electron chi connectivity index (χ3n) is 6.48. The maximum Gasteiger partial charge on any atom is -1.00 e. The van der Waals surface area contributed by atoms with Crippen LogP contribution in [0, 0.1) is 0 Å². The third-order valence-corrected chi connectivity index (χ3v) is 12.3. The summed E-state index contributed by atoms with van der Waals surface area (Å²) in [7, 11) is -2.90. The van der Waals surface area contributed by atoms with Gasteiger partial charge in [0.1, 0.15) is 0 Å². The van der Waals surface area contributed by atoms with Crippen LogP contribution in [0.2, 0.25) is 32.7 Å². The largest absolute Gasteiger partial charge is 1.00 e. The van der Waals surface area contributed by atoms with E-state index in [0.29, 0.717) is 16.8 Å². The number of ether oxygens (including phenoxy) is 1. The number of hydrogen-bond acceptors (Lipinski definition) is 2. The van der Waals surface area contributed by atoms with Crippen molar-refractivity contribution in [2.24, 2.45) is 0 Å². The van der Waals surface area contributed by atoms with Gasteiger partial charge in [0.2, 0.25) is 0 Å². The Morgan fingerprint density at radius 3 is 2.44 bits per heavy atom. The normalized spacial score (nSPS) is 19.0. The number of benzene rings is 2. The van der Waals surface area contributed by atoms with Gasteiger partial charge < -0.3 is 24.8 Å². The molecule has 1 unspecified atom stereocenters. The van der Waals surface area contributed by atoms with E-state index in [1.54, 1.807) is 40.7 Å². The first kappa shape index (κ1) is 26.2. The van der Waals surface area contributed by atoms with Crippen LogP contribution in [0.1, 0.15) is 26.7 Å². The second-order valence-corrected chi connectivity index (χ2v) is 20.3. The van der Waals surface area contributed by atoms with Gasteiger partial charge >= 0.3 is 170 Å². The molecule has 0 spiro atoms. The molecule has 0 saturated carbocycles. The molecule has 1 atom stereocenters. The maximum atomic E-state index is 6.02. The van der Waals surface area contributed by atoms with Crippen LogP contribution < -0.4 is 35.2 Å². The van der Waals surface area contributed by atoms with Crippen LogP contribution in [0.3, 0.4) is 0 Å². The number of allylic oxidation sites excluding steroid dienone is 3. The molecule has 0 saturated heterocycles. The van der Waals surface area contributed by atoms with Gasteiger partial charge in [-0.15, -0.1) is 0 Å². The van der Waals surface area contributed by atoms with Gasteiger partial charge in [-0.2, -0.15) is 0 Å². The molecule has 32 heavy (non-hydrogen) atoms. The summed E-state index contributed by atoms with van der Waals surface area (Å²) in [6.07, 6.45) is 5.49. The van der Waals surface area contributed by atoms with Gasteiger partial charge in [0.25, 0.3) is 0 Å². The molecule has 0 aromatic heterocycles. The second kappa shape index (κ2) is 9.32. The fraction of sp³-hybridized carbons (Fsp3) is 0.360. The van der Waals surface area contributed by atoms with E-state index in [1.165, 1.54) is 27.8 Å². The molecule has 7 heteroatoms. The molecule has 0 amide bonds. The van der Waals surface area contributed by atoms with Crippen molar-refractivity contribution in [1.29, 1.82) is 0 Å². The van der Waals surface area contributed by atoms with Crippen LogP contribution in [0.5, 0.6) is 0 Å². The Labute approximate surface area is 221 Å². The van der Waals surface area contributed by atoms with Crippen molar-refractivity contribution >= 4 is 32.3 Å². The van der Waals surface area contributed by atoms with Crippen LogP contribution in [0.15, 0.2) is 48.2 Å². The number of hydrogen-bond donors (Lipinski definition) is 0. The predicted octanol–water partition coefficient (Wildman–Crippen LogP) is -1.01. The zero-order chi connectivity index (χ0) is 21.3. The summed E-state index contributed by atoms with van der Waals surface area (Å²) in [5.41, 5.74) is 9.08. The van der Waals surface area contributed by atoms with E-state index < -0.39 is 16.4 Å². The first-order chi connectivity index (χ1) is 14.2. The second-order valence-electron chi connectivity index (χ2n) is 10.1. The van der Waals surface area contributed by atoms with Crippen molar-refractivity contribution in [2.75, 3.05) is 13.2 Å². The average molecular weight is 580 g/mol. The Morgan fingerprint density at radius 2 is 1.72 bits per heavy atom. The first-order valence-corrected chi connectivity index (χ1v) is 18.7. The topological polar surface area (TPSA) is 18.5 Å². The zero-order valence-corrected chi connectivity index (χ0v) is 25.3. The van der Waals surface area contributed by atoms with E-state index in [4.69, 9.17) is 9.16 Å². The molecule has 2 aromatic carbocycles. The maximum absolute atomic E-state index is 6.02. The van der Waals surface area contributed by atoms with Crippen molar-refractivity contribution in [3.05, 3.63) is 64.9 Å². The van der Waals surface area contributed by atoms with E-state index >= 15 is 0 Å². The molecule has 167 valence electrons. The molecule has 0 bridgehead atoms. The van der Waals surface area contributed by atoms with E-state index in [2.05, 4.69) is 75.2 Å². The predicted molar refractivity (Wildman–Crippen MR) is 126 cm³/mol. The minimum Gasteiger partial charge on any atom is -1.00 e. The van der Waals surface area contributed by atoms with E-state index in [-0.39, 0.29) is 24.8 Å². The molecule has 0 fully saturated rings. The van der Waals surface area contributed by atoms with Gasteiger partial charge in [-0.1, -0.05) is 0 Å². The SMILES string of the molecule is C[Si](C)(C)OCCOC1=CCC(c2cc3c(c4c2[Si]4(C)C)[CH]([Zr+2])c2ccccc2-3)=C1.[Cl-].[Cl-]. The third kappa shape index (κ3) is 4.46. The zero-order valence-electron chi connectivity index (χ0n) is 19.3. The van der Waals surface area contributed by atoms with Crippen molar-refractivity contribution in [3.63, 3.8) is 0 Å². The summed E-state index contributed by atoms with van der Waals surface area (Å²) in [5.74, 6) is 1.01. The summed E-state index contributed by atoms with van der Waals surface area (Å²) in [4.78, 5) is 0. The molecule has 0 N–H and O–H groups in total. The van der Waals surface area contributed by atoms with Gasteiger partial charge in [-0.3, -0.25) is 0 Å². The van der Waals surface area contributed by atoms with E-state index in [1.807, 2.05) is 0 Å². The summed E-state index contributed by atoms with van der Waals surface area (Å²) in [6, 6.07) is 11.6. The van der Waals surface area contributed by atoms with Crippen molar-refractivity contribution in [3.8, 4) is 11.1 Å². The monoisotopic (exact) mass is 577 g/mol. The molecular formula is C25H29Cl2O2Si2Zr. The van der Waals surface area contributed by atoms with Crippen LogP contribution in [0.4, 0.5) is 0 Å². The Hall–Kier alpha value is -0.423. The van der Waals surface area contributed by atoms with E-state index in [9.17, 15) is 0 Å². The van der Waals surface area contributed by atoms with Gasteiger partial charge in [-0.25, -0.2) is 0 Å². The minimum absolute atomic E-state index is 0.